The lowest BCUT2D eigenvalue weighted by atomic mass is 10.3. The van der Waals surface area contributed by atoms with Gasteiger partial charge in [0.2, 0.25) is 0 Å². The molecular formula is C14H31NO4. The third kappa shape index (κ3) is 23.1. The number of nitrogens with one attached hydrogen (secondary N) is 1. The minimum atomic E-state index is 0.0369. The van der Waals surface area contributed by atoms with E-state index in [4.69, 9.17) is 14.2 Å². The molecule has 5 heteroatoms. The van der Waals surface area contributed by atoms with E-state index in [1.165, 1.54) is 6.92 Å². The van der Waals surface area contributed by atoms with Crippen molar-refractivity contribution in [3.8, 4) is 0 Å². The van der Waals surface area contributed by atoms with E-state index in [0.717, 1.165) is 26.0 Å². The van der Waals surface area contributed by atoms with Crippen LogP contribution in [0.4, 0.5) is 0 Å². The van der Waals surface area contributed by atoms with E-state index in [2.05, 4.69) is 5.32 Å². The van der Waals surface area contributed by atoms with E-state index in [1.54, 1.807) is 0 Å². The highest BCUT2D eigenvalue weighted by Crippen LogP contribution is 1.88. The summed E-state index contributed by atoms with van der Waals surface area (Å²) in [6.07, 6.45) is 2.21. The fourth-order valence-electron chi connectivity index (χ4n) is 1.16. The molecule has 0 aliphatic rings. The van der Waals surface area contributed by atoms with Crippen LogP contribution in [-0.4, -0.2) is 59.0 Å². The number of carbonyl (C=O) groups excluding carboxylic acids is 1. The fraction of sp³-hybridized carbons (Fsp3) is 0.929. The Morgan fingerprint density at radius 2 is 1.42 bits per heavy atom. The first-order valence-electron chi connectivity index (χ1n) is 7.14. The molecule has 0 aliphatic heterocycles. The number of ether oxygens (including phenoxy) is 3. The van der Waals surface area contributed by atoms with Gasteiger partial charge >= 0.3 is 0 Å². The largest absolute Gasteiger partial charge is 0.379 e. The number of carbonyl (C=O) groups is 1. The number of ketones is 1. The molecule has 0 aromatic heterocycles. The van der Waals surface area contributed by atoms with Crippen molar-refractivity contribution in [2.24, 2.45) is 0 Å². The van der Waals surface area contributed by atoms with Crippen molar-refractivity contribution in [3.63, 3.8) is 0 Å². The Morgan fingerprint density at radius 3 is 1.95 bits per heavy atom. The predicted molar refractivity (Wildman–Crippen MR) is 77.6 cm³/mol. The second-order valence-electron chi connectivity index (χ2n) is 3.79. The van der Waals surface area contributed by atoms with Crippen molar-refractivity contribution < 1.29 is 19.0 Å². The summed E-state index contributed by atoms with van der Waals surface area (Å²) in [5.74, 6) is 0.0369. The number of hydrogen-bond donors (Lipinski definition) is 1. The first kappa shape index (κ1) is 20.8. The van der Waals surface area contributed by atoms with Gasteiger partial charge in [-0.2, -0.15) is 0 Å². The molecule has 116 valence electrons. The average molecular weight is 277 g/mol. The van der Waals surface area contributed by atoms with Crippen molar-refractivity contribution in [1.29, 1.82) is 0 Å². The highest BCUT2D eigenvalue weighted by atomic mass is 16.5. The Balaban J connectivity index is 0. The molecule has 0 radical (unpaired) electrons. The maximum atomic E-state index is 10.5. The minimum Gasteiger partial charge on any atom is -0.379 e. The third-order valence-electron chi connectivity index (χ3n) is 2.01. The summed E-state index contributed by atoms with van der Waals surface area (Å²) in [4.78, 5) is 10.5. The predicted octanol–water partition coefficient (Wildman–Crippen LogP) is 1.65. The van der Waals surface area contributed by atoms with Gasteiger partial charge in [0.25, 0.3) is 0 Å². The molecule has 0 aliphatic carbocycles. The second kappa shape index (κ2) is 19.8. The van der Waals surface area contributed by atoms with Crippen LogP contribution in [0.3, 0.4) is 0 Å². The lowest BCUT2D eigenvalue weighted by Gasteiger charge is -2.06. The number of unbranched alkanes of at least 4 members (excludes halogenated alkanes) is 1. The second-order valence-corrected chi connectivity index (χ2v) is 3.79. The summed E-state index contributed by atoms with van der Waals surface area (Å²) in [6, 6.07) is 0. The molecule has 0 bridgehead atoms. The van der Waals surface area contributed by atoms with Crippen molar-refractivity contribution in [3.05, 3.63) is 0 Å². The SMILES string of the molecule is CC.CNCCCCOCCOCCOCC(C)=O. The molecule has 0 saturated heterocycles. The Morgan fingerprint density at radius 1 is 0.895 bits per heavy atom. The molecule has 1 N–H and O–H groups in total. The van der Waals surface area contributed by atoms with Gasteiger partial charge in [0, 0.05) is 6.61 Å². The molecular weight excluding hydrogens is 246 g/mol. The molecule has 0 spiro atoms. The van der Waals surface area contributed by atoms with Crippen LogP contribution in [0, 0.1) is 0 Å². The van der Waals surface area contributed by atoms with Crippen LogP contribution < -0.4 is 5.32 Å². The summed E-state index contributed by atoms with van der Waals surface area (Å²) in [6.45, 7) is 9.66. The number of Topliss-reactive ketones (excluding diaryl/α,β-unsaturated/α-hetero) is 1. The molecule has 0 rings (SSSR count). The van der Waals surface area contributed by atoms with Gasteiger partial charge in [0.15, 0.2) is 5.78 Å². The van der Waals surface area contributed by atoms with Gasteiger partial charge < -0.3 is 19.5 Å². The van der Waals surface area contributed by atoms with E-state index in [1.807, 2.05) is 20.9 Å². The molecule has 0 aromatic rings. The van der Waals surface area contributed by atoms with E-state index in [-0.39, 0.29) is 12.4 Å². The average Bonchev–Trinajstić information content (AvgIpc) is 2.42. The highest BCUT2D eigenvalue weighted by molar-refractivity contribution is 5.76. The van der Waals surface area contributed by atoms with Gasteiger partial charge in [-0.1, -0.05) is 13.8 Å². The zero-order chi connectivity index (χ0) is 14.8. The Labute approximate surface area is 118 Å². The number of rotatable bonds is 13. The molecule has 0 atom stereocenters. The van der Waals surface area contributed by atoms with Crippen LogP contribution in [0.25, 0.3) is 0 Å². The van der Waals surface area contributed by atoms with Crippen molar-refractivity contribution in [1.82, 2.24) is 5.32 Å². The smallest absolute Gasteiger partial charge is 0.155 e. The van der Waals surface area contributed by atoms with Gasteiger partial charge in [-0.25, -0.2) is 0 Å². The molecule has 5 nitrogen and oxygen atoms in total. The highest BCUT2D eigenvalue weighted by Gasteiger charge is 1.94. The zero-order valence-corrected chi connectivity index (χ0v) is 13.0. The maximum Gasteiger partial charge on any atom is 0.155 e. The molecule has 0 fully saturated rings. The van der Waals surface area contributed by atoms with Crippen LogP contribution in [0.5, 0.6) is 0 Å². The van der Waals surface area contributed by atoms with Crippen LogP contribution in [0.2, 0.25) is 0 Å². The van der Waals surface area contributed by atoms with Gasteiger partial charge in [-0.3, -0.25) is 4.79 Å². The van der Waals surface area contributed by atoms with Crippen LogP contribution >= 0.6 is 0 Å². The van der Waals surface area contributed by atoms with Crippen molar-refractivity contribution in [2.45, 2.75) is 33.6 Å². The van der Waals surface area contributed by atoms with Crippen LogP contribution in [0.1, 0.15) is 33.6 Å². The molecule has 0 aromatic carbocycles. The molecule has 0 saturated carbocycles. The quantitative estimate of drug-likeness (QED) is 0.519. The number of hydrogen-bond acceptors (Lipinski definition) is 5. The lowest BCUT2D eigenvalue weighted by Crippen LogP contribution is -2.13. The van der Waals surface area contributed by atoms with Crippen LogP contribution in [0.15, 0.2) is 0 Å². The van der Waals surface area contributed by atoms with Crippen LogP contribution in [-0.2, 0) is 19.0 Å². The van der Waals surface area contributed by atoms with Gasteiger partial charge in [-0.05, 0) is 33.4 Å². The van der Waals surface area contributed by atoms with Crippen molar-refractivity contribution in [2.75, 3.05) is 53.2 Å². The molecule has 0 amide bonds. The summed E-state index contributed by atoms with van der Waals surface area (Å²) in [5.41, 5.74) is 0. The molecule has 0 unspecified atom stereocenters. The van der Waals surface area contributed by atoms with E-state index in [9.17, 15) is 4.79 Å². The minimum absolute atomic E-state index is 0.0369. The van der Waals surface area contributed by atoms with E-state index in [0.29, 0.717) is 26.4 Å². The maximum absolute atomic E-state index is 10.5. The normalized spacial score (nSPS) is 9.89. The zero-order valence-electron chi connectivity index (χ0n) is 13.0. The summed E-state index contributed by atoms with van der Waals surface area (Å²) in [7, 11) is 1.95. The fourth-order valence-corrected chi connectivity index (χ4v) is 1.16. The Hall–Kier alpha value is -0.490. The summed E-state index contributed by atoms with van der Waals surface area (Å²) < 4.78 is 15.7. The topological polar surface area (TPSA) is 56.8 Å². The Kier molecular flexibility index (Phi) is 21.7. The summed E-state index contributed by atoms with van der Waals surface area (Å²) >= 11 is 0. The van der Waals surface area contributed by atoms with E-state index >= 15 is 0 Å². The van der Waals surface area contributed by atoms with Gasteiger partial charge in [0.05, 0.1) is 26.4 Å². The Bertz CT molecular complexity index is 177. The van der Waals surface area contributed by atoms with Gasteiger partial charge in [0.1, 0.15) is 6.61 Å². The molecule has 0 heterocycles. The summed E-state index contributed by atoms with van der Waals surface area (Å²) in [5, 5.41) is 3.09. The standard InChI is InChI=1S/C12H25NO4.C2H6/c1-12(14)11-17-10-9-16-8-7-15-6-4-3-5-13-2;1-2/h13H,3-11H2,1-2H3;1-2H3. The monoisotopic (exact) mass is 277 g/mol. The van der Waals surface area contributed by atoms with Gasteiger partial charge in [-0.15, -0.1) is 0 Å². The molecule has 19 heavy (non-hydrogen) atoms. The lowest BCUT2D eigenvalue weighted by molar-refractivity contribution is -0.122. The van der Waals surface area contributed by atoms with E-state index < -0.39 is 0 Å². The van der Waals surface area contributed by atoms with Crippen molar-refractivity contribution >= 4 is 5.78 Å². The third-order valence-corrected chi connectivity index (χ3v) is 2.01. The first-order valence-corrected chi connectivity index (χ1v) is 7.14. The first-order chi connectivity index (χ1) is 9.27.